The first-order chi connectivity index (χ1) is 7.74. The Labute approximate surface area is 106 Å². The van der Waals surface area contributed by atoms with Crippen molar-refractivity contribution in [2.75, 3.05) is 23.7 Å². The minimum absolute atomic E-state index is 0.0309. The first-order valence-corrected chi connectivity index (χ1v) is 5.84. The van der Waals surface area contributed by atoms with Crippen LogP contribution in [0.4, 0.5) is 15.8 Å². The SMILES string of the molecule is CCN(CC(C)(C)O)c1cc(Cl)c(F)cc1N. The van der Waals surface area contributed by atoms with Gasteiger partial charge in [0.2, 0.25) is 0 Å². The number of aliphatic hydroxyl groups is 1. The minimum Gasteiger partial charge on any atom is -0.397 e. The molecule has 1 aromatic carbocycles. The molecule has 1 rings (SSSR count). The average Bonchev–Trinajstić information content (AvgIpc) is 2.19. The monoisotopic (exact) mass is 260 g/mol. The van der Waals surface area contributed by atoms with E-state index < -0.39 is 11.4 Å². The summed E-state index contributed by atoms with van der Waals surface area (Å²) in [6, 6.07) is 2.69. The van der Waals surface area contributed by atoms with Crippen LogP contribution in [-0.2, 0) is 0 Å². The van der Waals surface area contributed by atoms with Crippen molar-refractivity contribution in [2.45, 2.75) is 26.4 Å². The molecule has 0 aromatic heterocycles. The van der Waals surface area contributed by atoms with Gasteiger partial charge in [-0.05, 0) is 26.8 Å². The second kappa shape index (κ2) is 5.10. The van der Waals surface area contributed by atoms with Gasteiger partial charge in [-0.25, -0.2) is 4.39 Å². The van der Waals surface area contributed by atoms with Gasteiger partial charge in [0.05, 0.1) is 22.0 Å². The molecule has 0 saturated carbocycles. The Hall–Kier alpha value is -1.00. The van der Waals surface area contributed by atoms with E-state index in [4.69, 9.17) is 17.3 Å². The van der Waals surface area contributed by atoms with Crippen LogP contribution in [0.2, 0.25) is 5.02 Å². The molecule has 0 aliphatic rings. The topological polar surface area (TPSA) is 49.5 Å². The Balaban J connectivity index is 3.08. The lowest BCUT2D eigenvalue weighted by molar-refractivity contribution is 0.0876. The number of hydrogen-bond acceptors (Lipinski definition) is 3. The number of halogens is 2. The maximum Gasteiger partial charge on any atom is 0.143 e. The Bertz CT molecular complexity index is 404. The summed E-state index contributed by atoms with van der Waals surface area (Å²) >= 11 is 5.74. The van der Waals surface area contributed by atoms with Crippen molar-refractivity contribution >= 4 is 23.0 Å². The van der Waals surface area contributed by atoms with Gasteiger partial charge in [-0.1, -0.05) is 11.6 Å². The number of likely N-dealkylation sites (N-methyl/N-ethyl adjacent to an activating group) is 1. The summed E-state index contributed by atoms with van der Waals surface area (Å²) < 4.78 is 13.2. The van der Waals surface area contributed by atoms with Gasteiger partial charge in [-0.15, -0.1) is 0 Å². The van der Waals surface area contributed by atoms with Gasteiger partial charge in [0.15, 0.2) is 0 Å². The second-order valence-electron chi connectivity index (χ2n) is 4.65. The van der Waals surface area contributed by atoms with Gasteiger partial charge >= 0.3 is 0 Å². The highest BCUT2D eigenvalue weighted by Gasteiger charge is 2.20. The Morgan fingerprint density at radius 2 is 2.06 bits per heavy atom. The van der Waals surface area contributed by atoms with Crippen LogP contribution in [0.3, 0.4) is 0 Å². The van der Waals surface area contributed by atoms with E-state index in [9.17, 15) is 9.50 Å². The molecule has 0 radical (unpaired) electrons. The smallest absolute Gasteiger partial charge is 0.143 e. The molecular weight excluding hydrogens is 243 g/mol. The van der Waals surface area contributed by atoms with E-state index in [1.54, 1.807) is 13.8 Å². The largest absolute Gasteiger partial charge is 0.397 e. The molecule has 0 fully saturated rings. The average molecular weight is 261 g/mol. The van der Waals surface area contributed by atoms with Gasteiger partial charge in [-0.2, -0.15) is 0 Å². The number of rotatable bonds is 4. The Morgan fingerprint density at radius 3 is 2.53 bits per heavy atom. The lowest BCUT2D eigenvalue weighted by Crippen LogP contribution is -2.39. The van der Waals surface area contributed by atoms with Crippen LogP contribution in [0.15, 0.2) is 12.1 Å². The van der Waals surface area contributed by atoms with E-state index in [0.29, 0.717) is 24.5 Å². The third-order valence-corrected chi connectivity index (χ3v) is 2.66. The van der Waals surface area contributed by atoms with Crippen molar-refractivity contribution in [1.82, 2.24) is 0 Å². The van der Waals surface area contributed by atoms with Crippen molar-refractivity contribution in [3.05, 3.63) is 23.0 Å². The summed E-state index contributed by atoms with van der Waals surface area (Å²) in [5, 5.41) is 9.84. The third kappa shape index (κ3) is 3.75. The van der Waals surface area contributed by atoms with E-state index in [2.05, 4.69) is 0 Å². The zero-order valence-electron chi connectivity index (χ0n) is 10.3. The highest BCUT2D eigenvalue weighted by atomic mass is 35.5. The van der Waals surface area contributed by atoms with E-state index in [1.165, 1.54) is 12.1 Å². The molecule has 0 aliphatic carbocycles. The molecule has 17 heavy (non-hydrogen) atoms. The quantitative estimate of drug-likeness (QED) is 0.819. The Kier molecular flexibility index (Phi) is 4.22. The third-order valence-electron chi connectivity index (χ3n) is 2.37. The summed E-state index contributed by atoms with van der Waals surface area (Å²) in [4.78, 5) is 1.86. The number of hydrogen-bond donors (Lipinski definition) is 2. The van der Waals surface area contributed by atoms with Crippen LogP contribution in [0, 0.1) is 5.82 Å². The van der Waals surface area contributed by atoms with Crippen molar-refractivity contribution in [1.29, 1.82) is 0 Å². The zero-order chi connectivity index (χ0) is 13.2. The predicted molar refractivity (Wildman–Crippen MR) is 70.0 cm³/mol. The normalized spacial score (nSPS) is 11.6. The highest BCUT2D eigenvalue weighted by molar-refractivity contribution is 6.31. The summed E-state index contributed by atoms with van der Waals surface area (Å²) in [6.07, 6.45) is 0. The van der Waals surface area contributed by atoms with Crippen LogP contribution in [0.5, 0.6) is 0 Å². The lowest BCUT2D eigenvalue weighted by Gasteiger charge is -2.30. The van der Waals surface area contributed by atoms with E-state index in [1.807, 2.05) is 11.8 Å². The molecule has 3 N–H and O–H groups in total. The zero-order valence-corrected chi connectivity index (χ0v) is 11.1. The fourth-order valence-electron chi connectivity index (χ4n) is 1.66. The molecule has 5 heteroatoms. The van der Waals surface area contributed by atoms with Crippen molar-refractivity contribution in [3.8, 4) is 0 Å². The van der Waals surface area contributed by atoms with Crippen molar-refractivity contribution in [2.24, 2.45) is 0 Å². The molecule has 0 unspecified atom stereocenters. The number of benzene rings is 1. The van der Waals surface area contributed by atoms with Crippen LogP contribution in [-0.4, -0.2) is 23.8 Å². The van der Waals surface area contributed by atoms with E-state index >= 15 is 0 Å². The molecule has 0 heterocycles. The summed E-state index contributed by atoms with van der Waals surface area (Å²) in [5.41, 5.74) is 5.86. The van der Waals surface area contributed by atoms with Gasteiger partial charge < -0.3 is 15.7 Å². The molecule has 0 saturated heterocycles. The van der Waals surface area contributed by atoms with Gasteiger partial charge in [0.25, 0.3) is 0 Å². The Morgan fingerprint density at radius 1 is 1.47 bits per heavy atom. The maximum absolute atomic E-state index is 13.2. The minimum atomic E-state index is -0.858. The molecule has 0 amide bonds. The fourth-order valence-corrected chi connectivity index (χ4v) is 1.82. The highest BCUT2D eigenvalue weighted by Crippen LogP contribution is 2.30. The van der Waals surface area contributed by atoms with Crippen LogP contribution >= 0.6 is 11.6 Å². The number of nitrogen functional groups attached to an aromatic ring is 1. The molecule has 96 valence electrons. The van der Waals surface area contributed by atoms with Gasteiger partial charge in [0.1, 0.15) is 5.82 Å². The molecule has 0 aliphatic heterocycles. The molecule has 0 atom stereocenters. The molecule has 0 bridgehead atoms. The fraction of sp³-hybridized carbons (Fsp3) is 0.500. The standard InChI is InChI=1S/C12H18ClFN2O/c1-4-16(7-12(2,3)17)11-5-8(13)9(14)6-10(11)15/h5-6,17H,4,7,15H2,1-3H3. The van der Waals surface area contributed by atoms with Crippen LogP contribution in [0.25, 0.3) is 0 Å². The number of anilines is 2. The van der Waals surface area contributed by atoms with Crippen molar-refractivity contribution < 1.29 is 9.50 Å². The van der Waals surface area contributed by atoms with Crippen molar-refractivity contribution in [3.63, 3.8) is 0 Å². The van der Waals surface area contributed by atoms with Gasteiger partial charge in [0, 0.05) is 19.2 Å². The summed E-state index contributed by atoms with van der Waals surface area (Å²) in [5.74, 6) is -0.535. The van der Waals surface area contributed by atoms with E-state index in [0.717, 1.165) is 0 Å². The second-order valence-corrected chi connectivity index (χ2v) is 5.06. The van der Waals surface area contributed by atoms with Gasteiger partial charge in [-0.3, -0.25) is 0 Å². The first kappa shape index (κ1) is 14.1. The van der Waals surface area contributed by atoms with Crippen LogP contribution < -0.4 is 10.6 Å². The number of nitrogens with two attached hydrogens (primary N) is 1. The lowest BCUT2D eigenvalue weighted by atomic mass is 10.1. The summed E-state index contributed by atoms with van der Waals surface area (Å²) in [7, 11) is 0. The maximum atomic E-state index is 13.2. The molecule has 3 nitrogen and oxygen atoms in total. The first-order valence-electron chi connectivity index (χ1n) is 5.46. The predicted octanol–water partition coefficient (Wildman–Crippen LogP) is 2.66. The molecular formula is C12H18ClFN2O. The van der Waals surface area contributed by atoms with E-state index in [-0.39, 0.29) is 5.02 Å². The summed E-state index contributed by atoms with van der Waals surface area (Å²) in [6.45, 7) is 6.39. The molecule has 1 aromatic rings. The van der Waals surface area contributed by atoms with Crippen LogP contribution in [0.1, 0.15) is 20.8 Å². The number of nitrogens with zero attached hydrogens (tertiary/aromatic N) is 1. The molecule has 0 spiro atoms.